The third-order valence-electron chi connectivity index (χ3n) is 5.43. The van der Waals surface area contributed by atoms with E-state index in [0.717, 1.165) is 44.0 Å². The highest BCUT2D eigenvalue weighted by Gasteiger charge is 2.23. The van der Waals surface area contributed by atoms with E-state index in [2.05, 4.69) is 36.4 Å². The number of ether oxygens (including phenoxy) is 2. The Labute approximate surface area is 173 Å². The van der Waals surface area contributed by atoms with Crippen LogP contribution in [0.5, 0.6) is 11.5 Å². The minimum atomic E-state index is 0.216. The summed E-state index contributed by atoms with van der Waals surface area (Å²) < 4.78 is 10.8. The number of piperazine rings is 1. The molecule has 1 N–H and O–H groups in total. The lowest BCUT2D eigenvalue weighted by Gasteiger charge is -2.31. The summed E-state index contributed by atoms with van der Waals surface area (Å²) in [6.07, 6.45) is 5.56. The van der Waals surface area contributed by atoms with Gasteiger partial charge in [-0.05, 0) is 29.7 Å². The van der Waals surface area contributed by atoms with Crippen molar-refractivity contribution in [3.05, 3.63) is 65.7 Å². The van der Waals surface area contributed by atoms with Crippen molar-refractivity contribution in [2.24, 2.45) is 0 Å². The van der Waals surface area contributed by atoms with Crippen molar-refractivity contribution in [3.8, 4) is 11.5 Å². The number of para-hydroxylation sites is 1. The molecule has 1 fully saturated rings. The van der Waals surface area contributed by atoms with Gasteiger partial charge in [-0.25, -0.2) is 0 Å². The average Bonchev–Trinajstić information content (AvgIpc) is 2.78. The molecule has 0 aromatic heterocycles. The first-order chi connectivity index (χ1) is 14.2. The minimum Gasteiger partial charge on any atom is -0.493 e. The van der Waals surface area contributed by atoms with Gasteiger partial charge in [-0.2, -0.15) is 0 Å². The molecule has 0 aliphatic carbocycles. The summed E-state index contributed by atoms with van der Waals surface area (Å²) in [7, 11) is 3.26. The van der Waals surface area contributed by atoms with E-state index in [4.69, 9.17) is 9.47 Å². The van der Waals surface area contributed by atoms with Crippen LogP contribution in [0.1, 0.15) is 17.5 Å². The van der Waals surface area contributed by atoms with Crippen molar-refractivity contribution in [3.63, 3.8) is 0 Å². The van der Waals surface area contributed by atoms with Gasteiger partial charge in [-0.3, -0.25) is 4.79 Å². The number of carbonyl (C=O) groups excluding carboxylic acids is 1. The molecule has 1 heterocycles. The molecule has 154 valence electrons. The van der Waals surface area contributed by atoms with Crippen LogP contribution in [-0.4, -0.2) is 57.8 Å². The monoisotopic (exact) mass is 395 g/mol. The number of carbonyl (C=O) groups is 1. The van der Waals surface area contributed by atoms with E-state index in [1.807, 2.05) is 29.2 Å². The zero-order valence-electron chi connectivity index (χ0n) is 17.4. The predicted molar refractivity (Wildman–Crippen MR) is 115 cm³/mol. The van der Waals surface area contributed by atoms with E-state index < -0.39 is 0 Å². The fourth-order valence-corrected chi connectivity index (χ4v) is 3.75. The highest BCUT2D eigenvalue weighted by atomic mass is 16.5. The van der Waals surface area contributed by atoms with Crippen molar-refractivity contribution in [1.82, 2.24) is 4.90 Å². The fraction of sp³-hybridized carbons (Fsp3) is 0.375. The molecule has 0 saturated carbocycles. The van der Waals surface area contributed by atoms with E-state index >= 15 is 0 Å². The molecule has 3 rings (SSSR count). The molecule has 1 aliphatic heterocycles. The number of aryl methyl sites for hydroxylation is 1. The van der Waals surface area contributed by atoms with Crippen LogP contribution < -0.4 is 14.4 Å². The molecule has 0 bridgehead atoms. The molecule has 29 heavy (non-hydrogen) atoms. The SMILES string of the molecule is COc1cccc(CCC(=O)N2CC[NH+](C/C=C/c3ccccc3)CC2)c1OC. The number of nitrogens with one attached hydrogen (secondary N) is 1. The minimum absolute atomic E-state index is 0.216. The van der Waals surface area contributed by atoms with E-state index in [0.29, 0.717) is 18.6 Å². The molecule has 2 aromatic rings. The summed E-state index contributed by atoms with van der Waals surface area (Å²) >= 11 is 0. The summed E-state index contributed by atoms with van der Waals surface area (Å²) in [5, 5.41) is 0. The molecule has 0 spiro atoms. The van der Waals surface area contributed by atoms with Crippen LogP contribution in [0.3, 0.4) is 0 Å². The van der Waals surface area contributed by atoms with Gasteiger partial charge in [0, 0.05) is 6.42 Å². The van der Waals surface area contributed by atoms with E-state index in [9.17, 15) is 4.79 Å². The lowest BCUT2D eigenvalue weighted by Crippen LogP contribution is -3.14. The lowest BCUT2D eigenvalue weighted by molar-refractivity contribution is -0.898. The summed E-state index contributed by atoms with van der Waals surface area (Å²) in [4.78, 5) is 16.2. The Balaban J connectivity index is 1.44. The number of methoxy groups -OCH3 is 2. The highest BCUT2D eigenvalue weighted by Crippen LogP contribution is 2.31. The largest absolute Gasteiger partial charge is 0.493 e. The summed E-state index contributed by atoms with van der Waals surface area (Å²) in [6, 6.07) is 16.2. The zero-order chi connectivity index (χ0) is 20.5. The van der Waals surface area contributed by atoms with Crippen molar-refractivity contribution >= 4 is 12.0 Å². The number of quaternary nitrogens is 1. The third-order valence-corrected chi connectivity index (χ3v) is 5.43. The normalized spacial score (nSPS) is 14.9. The van der Waals surface area contributed by atoms with Crippen LogP contribution in [0.4, 0.5) is 0 Å². The Hall–Kier alpha value is -2.79. The second-order valence-corrected chi connectivity index (χ2v) is 7.30. The molecule has 1 saturated heterocycles. The van der Waals surface area contributed by atoms with Crippen molar-refractivity contribution in [2.45, 2.75) is 12.8 Å². The van der Waals surface area contributed by atoms with Gasteiger partial charge in [0.05, 0.1) is 46.9 Å². The summed E-state index contributed by atoms with van der Waals surface area (Å²) in [5.74, 6) is 1.65. The topological polar surface area (TPSA) is 43.2 Å². The Bertz CT molecular complexity index is 812. The van der Waals surface area contributed by atoms with E-state index in [1.165, 1.54) is 10.5 Å². The highest BCUT2D eigenvalue weighted by molar-refractivity contribution is 5.76. The van der Waals surface area contributed by atoms with Crippen molar-refractivity contribution in [1.29, 1.82) is 0 Å². The maximum absolute atomic E-state index is 12.7. The molecule has 1 amide bonds. The van der Waals surface area contributed by atoms with Gasteiger partial charge in [0.1, 0.15) is 0 Å². The number of amides is 1. The number of rotatable bonds is 8. The third kappa shape index (κ3) is 5.84. The zero-order valence-corrected chi connectivity index (χ0v) is 17.4. The van der Waals surface area contributed by atoms with Gasteiger partial charge in [-0.1, -0.05) is 48.5 Å². The lowest BCUT2D eigenvalue weighted by atomic mass is 10.1. The first-order valence-corrected chi connectivity index (χ1v) is 10.2. The second kappa shape index (κ2) is 10.7. The maximum atomic E-state index is 12.7. The molecule has 0 unspecified atom stereocenters. The van der Waals surface area contributed by atoms with Crippen LogP contribution in [0.15, 0.2) is 54.6 Å². The van der Waals surface area contributed by atoms with Crippen LogP contribution >= 0.6 is 0 Å². The van der Waals surface area contributed by atoms with Gasteiger partial charge in [0.25, 0.3) is 0 Å². The summed E-state index contributed by atoms with van der Waals surface area (Å²) in [5.41, 5.74) is 2.24. The molecular weight excluding hydrogens is 364 g/mol. The molecule has 0 atom stereocenters. The molecule has 2 aromatic carbocycles. The van der Waals surface area contributed by atoms with E-state index in [1.54, 1.807) is 14.2 Å². The summed E-state index contributed by atoms with van der Waals surface area (Å²) in [6.45, 7) is 4.63. The Morgan fingerprint density at radius 2 is 1.79 bits per heavy atom. The van der Waals surface area contributed by atoms with Gasteiger partial charge in [-0.15, -0.1) is 0 Å². The predicted octanol–water partition coefficient (Wildman–Crippen LogP) is 2.08. The van der Waals surface area contributed by atoms with Crippen LogP contribution in [0.25, 0.3) is 6.08 Å². The number of nitrogens with zero attached hydrogens (tertiary/aromatic N) is 1. The van der Waals surface area contributed by atoms with Gasteiger partial charge < -0.3 is 19.3 Å². The Morgan fingerprint density at radius 3 is 2.48 bits per heavy atom. The smallest absolute Gasteiger partial charge is 0.223 e. The Kier molecular flexibility index (Phi) is 7.70. The van der Waals surface area contributed by atoms with Gasteiger partial charge >= 0.3 is 0 Å². The quantitative estimate of drug-likeness (QED) is 0.744. The van der Waals surface area contributed by atoms with Crippen LogP contribution in [0, 0.1) is 0 Å². The fourth-order valence-electron chi connectivity index (χ4n) is 3.75. The van der Waals surface area contributed by atoms with E-state index in [-0.39, 0.29) is 5.91 Å². The van der Waals surface area contributed by atoms with Crippen LogP contribution in [0.2, 0.25) is 0 Å². The molecule has 5 heteroatoms. The first-order valence-electron chi connectivity index (χ1n) is 10.2. The van der Waals surface area contributed by atoms with Gasteiger partial charge in [0.15, 0.2) is 11.5 Å². The standard InChI is InChI=1S/C24H30N2O3/c1-28-22-12-6-11-21(24(22)29-2)13-14-23(27)26-18-16-25(17-19-26)15-7-10-20-8-4-3-5-9-20/h3-12H,13-19H2,1-2H3/p+1/b10-7+. The van der Waals surface area contributed by atoms with Crippen molar-refractivity contribution in [2.75, 3.05) is 46.9 Å². The maximum Gasteiger partial charge on any atom is 0.223 e. The van der Waals surface area contributed by atoms with Crippen LogP contribution in [-0.2, 0) is 11.2 Å². The molecule has 5 nitrogen and oxygen atoms in total. The molecular formula is C24H31N2O3+. The van der Waals surface area contributed by atoms with Crippen molar-refractivity contribution < 1.29 is 19.2 Å². The average molecular weight is 396 g/mol. The molecule has 1 aliphatic rings. The number of hydrogen-bond acceptors (Lipinski definition) is 3. The number of benzene rings is 2. The second-order valence-electron chi connectivity index (χ2n) is 7.30. The first kappa shape index (κ1) is 20.9. The Morgan fingerprint density at radius 1 is 1.03 bits per heavy atom. The number of hydrogen-bond donors (Lipinski definition) is 1. The molecule has 0 radical (unpaired) electrons. The van der Waals surface area contributed by atoms with Gasteiger partial charge in [0.2, 0.25) is 5.91 Å².